The molecule has 1 fully saturated rings. The van der Waals surface area contributed by atoms with Gasteiger partial charge in [0.15, 0.2) is 0 Å². The summed E-state index contributed by atoms with van der Waals surface area (Å²) in [4.78, 5) is 13.8. The van der Waals surface area contributed by atoms with Crippen molar-refractivity contribution >= 4 is 11.6 Å². The standard InChI is InChI=1S/C15H21FN2O2/c1-10(19)14-12(16)6-3-7-13(14)18-8-4-5-11(9-18)15(20)17-2/h3,6-7,10-11,19H,4-5,8-9H2,1-2H3,(H,17,20)/t10-,11?/m0/s1. The molecule has 1 aliphatic rings. The molecule has 0 aliphatic carbocycles. The van der Waals surface area contributed by atoms with E-state index in [9.17, 15) is 14.3 Å². The molecule has 2 N–H and O–H groups in total. The highest BCUT2D eigenvalue weighted by Gasteiger charge is 2.27. The first-order valence-electron chi connectivity index (χ1n) is 6.97. The molecule has 1 aromatic rings. The number of carbonyl (C=O) groups is 1. The number of carbonyl (C=O) groups excluding carboxylic acids is 1. The van der Waals surface area contributed by atoms with Crippen LogP contribution in [-0.4, -0.2) is 31.2 Å². The average Bonchev–Trinajstić information content (AvgIpc) is 2.45. The summed E-state index contributed by atoms with van der Waals surface area (Å²) in [5, 5.41) is 12.5. The number of aliphatic hydroxyl groups is 1. The zero-order valence-electron chi connectivity index (χ0n) is 11.9. The smallest absolute Gasteiger partial charge is 0.224 e. The summed E-state index contributed by atoms with van der Waals surface area (Å²) in [5.74, 6) is -0.469. The van der Waals surface area contributed by atoms with Crippen molar-refractivity contribution in [2.75, 3.05) is 25.0 Å². The minimum Gasteiger partial charge on any atom is -0.389 e. The number of halogens is 1. The summed E-state index contributed by atoms with van der Waals surface area (Å²) in [5.41, 5.74) is 0.999. The summed E-state index contributed by atoms with van der Waals surface area (Å²) in [7, 11) is 1.63. The van der Waals surface area contributed by atoms with E-state index in [1.54, 1.807) is 26.1 Å². The van der Waals surface area contributed by atoms with Gasteiger partial charge < -0.3 is 15.3 Å². The molecule has 110 valence electrons. The first-order chi connectivity index (χ1) is 9.54. The maximum Gasteiger partial charge on any atom is 0.224 e. The van der Waals surface area contributed by atoms with E-state index in [0.717, 1.165) is 19.4 Å². The Hall–Kier alpha value is -1.62. The Labute approximate surface area is 118 Å². The summed E-state index contributed by atoms with van der Waals surface area (Å²) in [6.45, 7) is 2.89. The topological polar surface area (TPSA) is 52.6 Å². The lowest BCUT2D eigenvalue weighted by molar-refractivity contribution is -0.124. The molecule has 1 aliphatic heterocycles. The van der Waals surface area contributed by atoms with Gasteiger partial charge >= 0.3 is 0 Å². The second kappa shape index (κ2) is 6.22. The van der Waals surface area contributed by atoms with Gasteiger partial charge in [0.1, 0.15) is 5.82 Å². The molecule has 0 saturated carbocycles. The van der Waals surface area contributed by atoms with E-state index in [0.29, 0.717) is 17.8 Å². The molecule has 1 aromatic carbocycles. The Morgan fingerprint density at radius 3 is 2.95 bits per heavy atom. The van der Waals surface area contributed by atoms with E-state index in [1.165, 1.54) is 6.07 Å². The van der Waals surface area contributed by atoms with Gasteiger partial charge in [-0.05, 0) is 31.9 Å². The SMILES string of the molecule is CNC(=O)C1CCCN(c2cccc(F)c2[C@H](C)O)C1. The molecular formula is C15H21FN2O2. The number of piperidine rings is 1. The van der Waals surface area contributed by atoms with Crippen LogP contribution in [0, 0.1) is 11.7 Å². The Balaban J connectivity index is 2.27. The molecule has 1 saturated heterocycles. The molecular weight excluding hydrogens is 259 g/mol. The Morgan fingerprint density at radius 1 is 1.55 bits per heavy atom. The fourth-order valence-electron chi connectivity index (χ4n) is 2.83. The first-order valence-corrected chi connectivity index (χ1v) is 6.97. The van der Waals surface area contributed by atoms with Crippen LogP contribution in [0.25, 0.3) is 0 Å². The highest BCUT2D eigenvalue weighted by molar-refractivity contribution is 5.79. The molecule has 4 nitrogen and oxygen atoms in total. The van der Waals surface area contributed by atoms with Gasteiger partial charge in [-0.1, -0.05) is 6.07 Å². The van der Waals surface area contributed by atoms with Crippen molar-refractivity contribution in [3.63, 3.8) is 0 Å². The number of nitrogens with one attached hydrogen (secondary N) is 1. The molecule has 2 rings (SSSR count). The van der Waals surface area contributed by atoms with Crippen LogP contribution in [0.3, 0.4) is 0 Å². The van der Waals surface area contributed by atoms with E-state index in [2.05, 4.69) is 5.32 Å². The quantitative estimate of drug-likeness (QED) is 0.888. The van der Waals surface area contributed by atoms with Crippen LogP contribution in [-0.2, 0) is 4.79 Å². The normalized spacial score (nSPS) is 20.6. The summed E-state index contributed by atoms with van der Waals surface area (Å²) >= 11 is 0. The van der Waals surface area contributed by atoms with E-state index >= 15 is 0 Å². The van der Waals surface area contributed by atoms with Gasteiger partial charge in [0.25, 0.3) is 0 Å². The van der Waals surface area contributed by atoms with Crippen LogP contribution in [0.1, 0.15) is 31.4 Å². The van der Waals surface area contributed by atoms with Gasteiger partial charge in [-0.3, -0.25) is 4.79 Å². The van der Waals surface area contributed by atoms with Crippen molar-refractivity contribution in [3.05, 3.63) is 29.6 Å². The summed E-state index contributed by atoms with van der Waals surface area (Å²) in [6, 6.07) is 4.79. The Morgan fingerprint density at radius 2 is 2.30 bits per heavy atom. The number of hydrogen-bond donors (Lipinski definition) is 2. The number of nitrogens with zero attached hydrogens (tertiary/aromatic N) is 1. The van der Waals surface area contributed by atoms with Crippen molar-refractivity contribution in [3.8, 4) is 0 Å². The fourth-order valence-corrected chi connectivity index (χ4v) is 2.83. The van der Waals surface area contributed by atoms with Crippen molar-refractivity contribution < 1.29 is 14.3 Å². The van der Waals surface area contributed by atoms with Crippen molar-refractivity contribution in [2.24, 2.45) is 5.92 Å². The molecule has 1 unspecified atom stereocenters. The van der Waals surface area contributed by atoms with Crippen LogP contribution >= 0.6 is 0 Å². The van der Waals surface area contributed by atoms with E-state index in [4.69, 9.17) is 0 Å². The summed E-state index contributed by atoms with van der Waals surface area (Å²) in [6.07, 6.45) is 0.857. The molecule has 1 amide bonds. The third-order valence-electron chi connectivity index (χ3n) is 3.83. The predicted molar refractivity (Wildman–Crippen MR) is 76.0 cm³/mol. The zero-order valence-corrected chi connectivity index (χ0v) is 11.9. The molecule has 1 heterocycles. The number of benzene rings is 1. The lowest BCUT2D eigenvalue weighted by Crippen LogP contribution is -2.42. The van der Waals surface area contributed by atoms with Crippen molar-refractivity contribution in [2.45, 2.75) is 25.9 Å². The average molecular weight is 280 g/mol. The molecule has 5 heteroatoms. The van der Waals surface area contributed by atoms with Crippen molar-refractivity contribution in [1.29, 1.82) is 0 Å². The Bertz CT molecular complexity index is 491. The van der Waals surface area contributed by atoms with Gasteiger partial charge in [0, 0.05) is 31.4 Å². The van der Waals surface area contributed by atoms with Gasteiger partial charge in [0.2, 0.25) is 5.91 Å². The molecule has 20 heavy (non-hydrogen) atoms. The minimum absolute atomic E-state index is 0.0182. The maximum atomic E-state index is 13.9. The second-order valence-corrected chi connectivity index (χ2v) is 5.25. The van der Waals surface area contributed by atoms with Crippen LogP contribution in [0.15, 0.2) is 18.2 Å². The highest BCUT2D eigenvalue weighted by atomic mass is 19.1. The molecule has 0 aromatic heterocycles. The van der Waals surface area contributed by atoms with Gasteiger partial charge in [-0.2, -0.15) is 0 Å². The monoisotopic (exact) mass is 280 g/mol. The predicted octanol–water partition coefficient (Wildman–Crippen LogP) is 1.84. The number of hydrogen-bond acceptors (Lipinski definition) is 3. The van der Waals surface area contributed by atoms with Gasteiger partial charge in [-0.15, -0.1) is 0 Å². The Kier molecular flexibility index (Phi) is 4.60. The van der Waals surface area contributed by atoms with Gasteiger partial charge in [-0.25, -0.2) is 4.39 Å². The van der Waals surface area contributed by atoms with E-state index in [-0.39, 0.29) is 11.8 Å². The third kappa shape index (κ3) is 2.93. The third-order valence-corrected chi connectivity index (χ3v) is 3.83. The van der Waals surface area contributed by atoms with E-state index < -0.39 is 11.9 Å². The van der Waals surface area contributed by atoms with Crippen LogP contribution in [0.2, 0.25) is 0 Å². The molecule has 0 bridgehead atoms. The second-order valence-electron chi connectivity index (χ2n) is 5.25. The molecule has 0 radical (unpaired) electrons. The summed E-state index contributed by atoms with van der Waals surface area (Å²) < 4.78 is 13.9. The maximum absolute atomic E-state index is 13.9. The van der Waals surface area contributed by atoms with Crippen LogP contribution in [0.4, 0.5) is 10.1 Å². The molecule has 2 atom stereocenters. The first kappa shape index (κ1) is 14.8. The number of anilines is 1. The zero-order chi connectivity index (χ0) is 14.7. The lowest BCUT2D eigenvalue weighted by Gasteiger charge is -2.35. The van der Waals surface area contributed by atoms with E-state index in [1.807, 2.05) is 4.90 Å². The van der Waals surface area contributed by atoms with Crippen molar-refractivity contribution in [1.82, 2.24) is 5.32 Å². The van der Waals surface area contributed by atoms with Gasteiger partial charge in [0.05, 0.1) is 12.0 Å². The highest BCUT2D eigenvalue weighted by Crippen LogP contribution is 2.31. The number of aliphatic hydroxyl groups excluding tert-OH is 1. The van der Waals surface area contributed by atoms with Crippen LogP contribution < -0.4 is 10.2 Å². The number of amides is 1. The minimum atomic E-state index is -0.869. The lowest BCUT2D eigenvalue weighted by atomic mass is 9.95. The van der Waals surface area contributed by atoms with Crippen LogP contribution in [0.5, 0.6) is 0 Å². The molecule has 0 spiro atoms. The number of rotatable bonds is 3. The largest absolute Gasteiger partial charge is 0.389 e. The fraction of sp³-hybridized carbons (Fsp3) is 0.533.